The van der Waals surface area contributed by atoms with Gasteiger partial charge in [0.25, 0.3) is 0 Å². The van der Waals surface area contributed by atoms with Gasteiger partial charge in [0, 0.05) is 30.9 Å². The second-order valence-electron chi connectivity index (χ2n) is 4.83. The number of benzene rings is 1. The molecule has 1 fully saturated rings. The summed E-state index contributed by atoms with van der Waals surface area (Å²) in [5, 5.41) is 11.3. The maximum absolute atomic E-state index is 11.8. The molecule has 1 saturated heterocycles. The van der Waals surface area contributed by atoms with Crippen LogP contribution in [0, 0.1) is 0 Å². The smallest absolute Gasteiger partial charge is 0.318 e. The lowest BCUT2D eigenvalue weighted by molar-refractivity contribution is -0.116. The minimum atomic E-state index is -0.269. The van der Waals surface area contributed by atoms with E-state index in [0.717, 1.165) is 25.1 Å². The van der Waals surface area contributed by atoms with Gasteiger partial charge in [0.1, 0.15) is 0 Å². The van der Waals surface area contributed by atoms with Crippen LogP contribution >= 0.6 is 0 Å². The molecule has 20 heavy (non-hydrogen) atoms. The molecule has 0 aliphatic carbocycles. The zero-order valence-electron chi connectivity index (χ0n) is 11.5. The SMILES string of the molecule is CNC(=O)Nc1ccc(NC(=O)CC2CCCN2)cc1. The lowest BCUT2D eigenvalue weighted by Gasteiger charge is -2.11. The summed E-state index contributed by atoms with van der Waals surface area (Å²) >= 11 is 0. The van der Waals surface area contributed by atoms with Crippen LogP contribution in [0.1, 0.15) is 19.3 Å². The summed E-state index contributed by atoms with van der Waals surface area (Å²) in [5.74, 6) is 0.0106. The van der Waals surface area contributed by atoms with Crippen molar-refractivity contribution >= 4 is 23.3 Å². The molecule has 108 valence electrons. The number of carbonyl (C=O) groups excluding carboxylic acids is 2. The molecule has 0 radical (unpaired) electrons. The van der Waals surface area contributed by atoms with E-state index >= 15 is 0 Å². The van der Waals surface area contributed by atoms with Crippen LogP contribution in [0.15, 0.2) is 24.3 Å². The Kier molecular flexibility index (Phi) is 4.95. The van der Waals surface area contributed by atoms with E-state index in [0.29, 0.717) is 18.2 Å². The van der Waals surface area contributed by atoms with Gasteiger partial charge in [-0.15, -0.1) is 0 Å². The van der Waals surface area contributed by atoms with Gasteiger partial charge in [-0.05, 0) is 43.7 Å². The van der Waals surface area contributed by atoms with Crippen molar-refractivity contribution in [2.45, 2.75) is 25.3 Å². The predicted octanol–water partition coefficient (Wildman–Crippen LogP) is 1.52. The number of anilines is 2. The van der Waals surface area contributed by atoms with Crippen molar-refractivity contribution in [3.8, 4) is 0 Å². The van der Waals surface area contributed by atoms with Gasteiger partial charge >= 0.3 is 6.03 Å². The summed E-state index contributed by atoms with van der Waals surface area (Å²) in [5.41, 5.74) is 1.41. The summed E-state index contributed by atoms with van der Waals surface area (Å²) in [6, 6.07) is 7.06. The molecule has 1 atom stereocenters. The van der Waals surface area contributed by atoms with Crippen molar-refractivity contribution in [2.24, 2.45) is 0 Å². The lowest BCUT2D eigenvalue weighted by atomic mass is 10.1. The van der Waals surface area contributed by atoms with Crippen LogP contribution < -0.4 is 21.3 Å². The third-order valence-electron chi connectivity index (χ3n) is 3.25. The van der Waals surface area contributed by atoms with E-state index < -0.39 is 0 Å². The second kappa shape index (κ2) is 6.91. The third kappa shape index (κ3) is 4.24. The van der Waals surface area contributed by atoms with Crippen molar-refractivity contribution in [1.29, 1.82) is 0 Å². The van der Waals surface area contributed by atoms with Crippen LogP contribution in [0.25, 0.3) is 0 Å². The van der Waals surface area contributed by atoms with Crippen molar-refractivity contribution in [1.82, 2.24) is 10.6 Å². The summed E-state index contributed by atoms with van der Waals surface area (Å²) in [6.45, 7) is 0.998. The Hall–Kier alpha value is -2.08. The first-order chi connectivity index (χ1) is 9.67. The van der Waals surface area contributed by atoms with Crippen LogP contribution in [0.2, 0.25) is 0 Å². The van der Waals surface area contributed by atoms with E-state index in [1.807, 2.05) is 0 Å². The zero-order chi connectivity index (χ0) is 14.4. The molecule has 1 unspecified atom stereocenters. The number of amides is 3. The molecule has 2 rings (SSSR count). The average molecular weight is 276 g/mol. The molecule has 1 aromatic rings. The number of urea groups is 1. The molecule has 6 heteroatoms. The van der Waals surface area contributed by atoms with E-state index in [4.69, 9.17) is 0 Å². The van der Waals surface area contributed by atoms with Crippen molar-refractivity contribution in [3.05, 3.63) is 24.3 Å². The van der Waals surface area contributed by atoms with Crippen LogP contribution in [-0.2, 0) is 4.79 Å². The molecule has 1 aromatic carbocycles. The second-order valence-corrected chi connectivity index (χ2v) is 4.83. The van der Waals surface area contributed by atoms with Crippen LogP contribution in [0.4, 0.5) is 16.2 Å². The summed E-state index contributed by atoms with van der Waals surface area (Å²) in [6.07, 6.45) is 2.69. The fraction of sp³-hybridized carbons (Fsp3) is 0.429. The summed E-state index contributed by atoms with van der Waals surface area (Å²) in [7, 11) is 1.56. The van der Waals surface area contributed by atoms with Gasteiger partial charge in [0.2, 0.25) is 5.91 Å². The van der Waals surface area contributed by atoms with E-state index in [2.05, 4.69) is 21.3 Å². The molecule has 0 spiro atoms. The molecule has 1 heterocycles. The number of carbonyl (C=O) groups is 2. The van der Waals surface area contributed by atoms with Gasteiger partial charge in [-0.1, -0.05) is 0 Å². The minimum absolute atomic E-state index is 0.0106. The van der Waals surface area contributed by atoms with E-state index in [1.54, 1.807) is 31.3 Å². The fourth-order valence-electron chi connectivity index (χ4n) is 2.20. The standard InChI is InChI=1S/C14H20N4O2/c1-15-14(20)18-11-6-4-10(5-7-11)17-13(19)9-12-3-2-8-16-12/h4-7,12,16H,2-3,8-9H2,1H3,(H,17,19)(H2,15,18,20). The Morgan fingerprint density at radius 3 is 2.40 bits per heavy atom. The van der Waals surface area contributed by atoms with Crippen LogP contribution in [0.5, 0.6) is 0 Å². The summed E-state index contributed by atoms with van der Waals surface area (Å²) in [4.78, 5) is 23.0. The van der Waals surface area contributed by atoms with Gasteiger partial charge in [-0.2, -0.15) is 0 Å². The molecule has 0 bridgehead atoms. The number of hydrogen-bond donors (Lipinski definition) is 4. The molecule has 4 N–H and O–H groups in total. The van der Waals surface area contributed by atoms with Gasteiger partial charge in [0.15, 0.2) is 0 Å². The van der Waals surface area contributed by atoms with E-state index in [-0.39, 0.29) is 11.9 Å². The van der Waals surface area contributed by atoms with E-state index in [1.165, 1.54) is 0 Å². The first-order valence-electron chi connectivity index (χ1n) is 6.79. The normalized spacial score (nSPS) is 17.6. The lowest BCUT2D eigenvalue weighted by Crippen LogP contribution is -2.27. The number of rotatable bonds is 4. The first kappa shape index (κ1) is 14.3. The Morgan fingerprint density at radius 2 is 1.85 bits per heavy atom. The largest absolute Gasteiger partial charge is 0.341 e. The topological polar surface area (TPSA) is 82.3 Å². The molecule has 3 amide bonds. The van der Waals surface area contributed by atoms with Crippen molar-refractivity contribution in [3.63, 3.8) is 0 Å². The average Bonchev–Trinajstić information content (AvgIpc) is 2.93. The van der Waals surface area contributed by atoms with Gasteiger partial charge in [-0.25, -0.2) is 4.79 Å². The Bertz CT molecular complexity index is 467. The molecule has 1 aliphatic heterocycles. The van der Waals surface area contributed by atoms with Crippen molar-refractivity contribution in [2.75, 3.05) is 24.2 Å². The van der Waals surface area contributed by atoms with Crippen molar-refractivity contribution < 1.29 is 9.59 Å². The summed E-state index contributed by atoms with van der Waals surface area (Å²) < 4.78 is 0. The van der Waals surface area contributed by atoms with Gasteiger partial charge < -0.3 is 21.3 Å². The monoisotopic (exact) mass is 276 g/mol. The molecule has 0 aromatic heterocycles. The highest BCUT2D eigenvalue weighted by molar-refractivity contribution is 5.92. The number of nitrogens with one attached hydrogen (secondary N) is 4. The molecule has 1 aliphatic rings. The predicted molar refractivity (Wildman–Crippen MR) is 78.8 cm³/mol. The van der Waals surface area contributed by atoms with Gasteiger partial charge in [0.05, 0.1) is 0 Å². The minimum Gasteiger partial charge on any atom is -0.341 e. The Balaban J connectivity index is 1.83. The Labute approximate surface area is 118 Å². The van der Waals surface area contributed by atoms with E-state index in [9.17, 15) is 9.59 Å². The molecule has 6 nitrogen and oxygen atoms in total. The highest BCUT2D eigenvalue weighted by Crippen LogP contribution is 2.15. The fourth-order valence-corrected chi connectivity index (χ4v) is 2.20. The first-order valence-corrected chi connectivity index (χ1v) is 6.79. The Morgan fingerprint density at radius 1 is 1.20 bits per heavy atom. The molecular weight excluding hydrogens is 256 g/mol. The maximum atomic E-state index is 11.8. The molecular formula is C14H20N4O2. The third-order valence-corrected chi connectivity index (χ3v) is 3.25. The maximum Gasteiger partial charge on any atom is 0.318 e. The molecule has 0 saturated carbocycles. The van der Waals surface area contributed by atoms with Crippen LogP contribution in [-0.4, -0.2) is 31.6 Å². The van der Waals surface area contributed by atoms with Crippen LogP contribution in [0.3, 0.4) is 0 Å². The van der Waals surface area contributed by atoms with Gasteiger partial charge in [-0.3, -0.25) is 4.79 Å². The zero-order valence-corrected chi connectivity index (χ0v) is 11.5. The quantitative estimate of drug-likeness (QED) is 0.673. The highest BCUT2D eigenvalue weighted by atomic mass is 16.2. The highest BCUT2D eigenvalue weighted by Gasteiger charge is 2.17. The number of hydrogen-bond acceptors (Lipinski definition) is 3.